The van der Waals surface area contributed by atoms with E-state index >= 15 is 0 Å². The number of amides is 1. The van der Waals surface area contributed by atoms with E-state index < -0.39 is 0 Å². The van der Waals surface area contributed by atoms with Crippen LogP contribution in [-0.4, -0.2) is 42.4 Å². The van der Waals surface area contributed by atoms with Crippen molar-refractivity contribution in [1.29, 1.82) is 0 Å². The number of rotatable bonds is 6. The fourth-order valence-corrected chi connectivity index (χ4v) is 2.99. The molecule has 1 amide bonds. The molecule has 2 aromatic rings. The van der Waals surface area contributed by atoms with E-state index in [2.05, 4.69) is 30.9 Å². The van der Waals surface area contributed by atoms with Gasteiger partial charge in [-0.2, -0.15) is 0 Å². The van der Waals surface area contributed by atoms with Crippen molar-refractivity contribution in [2.24, 2.45) is 4.99 Å². The summed E-state index contributed by atoms with van der Waals surface area (Å²) in [5.41, 5.74) is 2.68. The van der Waals surface area contributed by atoms with Crippen LogP contribution in [-0.2, 0) is 13.1 Å². The molecule has 0 radical (unpaired) electrons. The highest BCUT2D eigenvalue weighted by atomic mass is 127. The van der Waals surface area contributed by atoms with Crippen LogP contribution in [0.25, 0.3) is 0 Å². The first-order valence-corrected chi connectivity index (χ1v) is 9.13. The average molecular weight is 487 g/mol. The number of hydrogen-bond acceptors (Lipinski definition) is 4. The molecule has 2 rings (SSSR count). The number of thiazole rings is 1. The number of aromatic nitrogens is 1. The first-order chi connectivity index (χ1) is 12.0. The van der Waals surface area contributed by atoms with Crippen molar-refractivity contribution in [3.8, 4) is 0 Å². The van der Waals surface area contributed by atoms with E-state index in [4.69, 9.17) is 0 Å². The average Bonchev–Trinajstić information content (AvgIpc) is 3.02. The Kier molecular flexibility index (Phi) is 9.57. The third-order valence-electron chi connectivity index (χ3n) is 3.59. The van der Waals surface area contributed by atoms with Gasteiger partial charge in [-0.3, -0.25) is 4.79 Å². The number of nitrogens with zero attached hydrogens (tertiary/aromatic N) is 3. The zero-order chi connectivity index (χ0) is 18.2. The summed E-state index contributed by atoms with van der Waals surface area (Å²) in [5, 5.41) is 9.08. The van der Waals surface area contributed by atoms with Crippen molar-refractivity contribution in [3.05, 3.63) is 51.5 Å². The van der Waals surface area contributed by atoms with Crippen molar-refractivity contribution in [3.63, 3.8) is 0 Å². The van der Waals surface area contributed by atoms with Gasteiger partial charge in [0.05, 0.1) is 23.8 Å². The Morgan fingerprint density at radius 1 is 1.38 bits per heavy atom. The van der Waals surface area contributed by atoms with E-state index in [1.807, 2.05) is 39.1 Å². The summed E-state index contributed by atoms with van der Waals surface area (Å²) >= 11 is 1.65. The van der Waals surface area contributed by atoms with Gasteiger partial charge in [-0.1, -0.05) is 12.1 Å². The van der Waals surface area contributed by atoms with E-state index in [1.54, 1.807) is 24.5 Å². The number of benzene rings is 1. The molecule has 0 saturated carbocycles. The van der Waals surface area contributed by atoms with Gasteiger partial charge in [0.15, 0.2) is 5.96 Å². The highest BCUT2D eigenvalue weighted by Gasteiger charge is 2.09. The van der Waals surface area contributed by atoms with Crippen molar-refractivity contribution in [2.75, 3.05) is 20.6 Å². The summed E-state index contributed by atoms with van der Waals surface area (Å²) in [5.74, 6) is 0.729. The van der Waals surface area contributed by atoms with Gasteiger partial charge < -0.3 is 15.5 Å². The number of aliphatic imine (C=N–C) groups is 1. The Morgan fingerprint density at radius 2 is 2.15 bits per heavy atom. The van der Waals surface area contributed by atoms with Gasteiger partial charge in [0, 0.05) is 31.6 Å². The van der Waals surface area contributed by atoms with Gasteiger partial charge in [0.25, 0.3) is 5.91 Å². The van der Waals surface area contributed by atoms with Gasteiger partial charge in [-0.05, 0) is 31.5 Å². The first kappa shape index (κ1) is 22.4. The number of aryl methyl sites for hydroxylation is 1. The predicted octanol–water partition coefficient (Wildman–Crippen LogP) is 3.03. The van der Waals surface area contributed by atoms with Crippen LogP contribution < -0.4 is 10.6 Å². The van der Waals surface area contributed by atoms with Crippen molar-refractivity contribution in [2.45, 2.75) is 26.9 Å². The minimum Gasteiger partial charge on any atom is -0.357 e. The van der Waals surface area contributed by atoms with Crippen LogP contribution in [0.3, 0.4) is 0 Å². The van der Waals surface area contributed by atoms with Crippen LogP contribution in [0, 0.1) is 6.92 Å². The highest BCUT2D eigenvalue weighted by molar-refractivity contribution is 14.0. The van der Waals surface area contributed by atoms with E-state index in [1.165, 1.54) is 0 Å². The van der Waals surface area contributed by atoms with E-state index in [9.17, 15) is 4.79 Å². The normalized spacial score (nSPS) is 10.8. The molecule has 0 aliphatic carbocycles. The van der Waals surface area contributed by atoms with Gasteiger partial charge in [-0.15, -0.1) is 35.3 Å². The summed E-state index contributed by atoms with van der Waals surface area (Å²) in [6.07, 6.45) is 0. The molecule has 8 heteroatoms. The molecule has 0 aliphatic heterocycles. The van der Waals surface area contributed by atoms with Gasteiger partial charge in [0.1, 0.15) is 0 Å². The molecule has 6 nitrogen and oxygen atoms in total. The number of guanidine groups is 1. The van der Waals surface area contributed by atoms with Gasteiger partial charge in [0.2, 0.25) is 0 Å². The topological polar surface area (TPSA) is 69.6 Å². The summed E-state index contributed by atoms with van der Waals surface area (Å²) in [6.45, 7) is 6.05. The van der Waals surface area contributed by atoms with Crippen LogP contribution in [0.15, 0.2) is 34.6 Å². The van der Waals surface area contributed by atoms with Crippen molar-refractivity contribution >= 4 is 47.2 Å². The van der Waals surface area contributed by atoms with Crippen molar-refractivity contribution < 1.29 is 4.79 Å². The Hall–Kier alpha value is -1.68. The van der Waals surface area contributed by atoms with Crippen LogP contribution >= 0.6 is 35.3 Å². The molecule has 1 aromatic heterocycles. The largest absolute Gasteiger partial charge is 0.357 e. The molecular formula is C18H26IN5OS. The molecule has 142 valence electrons. The lowest BCUT2D eigenvalue weighted by molar-refractivity contribution is 0.0963. The zero-order valence-corrected chi connectivity index (χ0v) is 18.7. The zero-order valence-electron chi connectivity index (χ0n) is 15.6. The molecule has 0 spiro atoms. The quantitative estimate of drug-likeness (QED) is 0.374. The number of hydrogen-bond donors (Lipinski definition) is 2. The van der Waals surface area contributed by atoms with Gasteiger partial charge >= 0.3 is 0 Å². The maximum atomic E-state index is 11.7. The maximum Gasteiger partial charge on any atom is 0.251 e. The Labute approximate surface area is 176 Å². The third-order valence-corrected chi connectivity index (χ3v) is 4.41. The van der Waals surface area contributed by atoms with Gasteiger partial charge in [-0.25, -0.2) is 9.98 Å². The standard InChI is InChI=1S/C18H25N5OS.HI/c1-5-20-18(23(4)11-16-12-25-13(2)22-16)21-10-14-7-6-8-15(9-14)17(24)19-3;/h6-9,12H,5,10-11H2,1-4H3,(H,19,24)(H,20,21);1H. The molecule has 0 fully saturated rings. The number of carbonyl (C=O) groups is 1. The summed E-state index contributed by atoms with van der Waals surface area (Å²) < 4.78 is 0. The van der Waals surface area contributed by atoms with Crippen molar-refractivity contribution in [1.82, 2.24) is 20.5 Å². The van der Waals surface area contributed by atoms with E-state index in [0.29, 0.717) is 18.7 Å². The lowest BCUT2D eigenvalue weighted by Gasteiger charge is -2.21. The fraction of sp³-hybridized carbons (Fsp3) is 0.389. The summed E-state index contributed by atoms with van der Waals surface area (Å²) in [4.78, 5) is 23.0. The van der Waals surface area contributed by atoms with Crippen LogP contribution in [0.2, 0.25) is 0 Å². The van der Waals surface area contributed by atoms with E-state index in [-0.39, 0.29) is 29.9 Å². The molecule has 0 bridgehead atoms. The van der Waals surface area contributed by atoms with Crippen LogP contribution in [0.4, 0.5) is 0 Å². The molecule has 0 aliphatic rings. The van der Waals surface area contributed by atoms with Crippen LogP contribution in [0.1, 0.15) is 33.5 Å². The number of halogens is 1. The molecule has 0 atom stereocenters. The maximum absolute atomic E-state index is 11.7. The van der Waals surface area contributed by atoms with E-state index in [0.717, 1.165) is 28.8 Å². The molecular weight excluding hydrogens is 461 g/mol. The Balaban J connectivity index is 0.00000338. The Morgan fingerprint density at radius 3 is 2.77 bits per heavy atom. The van der Waals surface area contributed by atoms with Crippen LogP contribution in [0.5, 0.6) is 0 Å². The number of carbonyl (C=O) groups excluding carboxylic acids is 1. The SMILES string of the molecule is CCNC(=NCc1cccc(C(=O)NC)c1)N(C)Cc1csc(C)n1.I. The predicted molar refractivity (Wildman–Crippen MR) is 118 cm³/mol. The highest BCUT2D eigenvalue weighted by Crippen LogP contribution is 2.11. The third kappa shape index (κ3) is 6.56. The summed E-state index contributed by atoms with van der Waals surface area (Å²) in [6, 6.07) is 7.52. The molecule has 0 unspecified atom stereocenters. The smallest absolute Gasteiger partial charge is 0.251 e. The second-order valence-electron chi connectivity index (χ2n) is 5.66. The minimum absolute atomic E-state index is 0. The lowest BCUT2D eigenvalue weighted by Crippen LogP contribution is -2.38. The molecule has 0 saturated heterocycles. The second kappa shape index (κ2) is 11.1. The lowest BCUT2D eigenvalue weighted by atomic mass is 10.1. The fourth-order valence-electron chi connectivity index (χ4n) is 2.39. The molecule has 1 aromatic carbocycles. The second-order valence-corrected chi connectivity index (χ2v) is 6.73. The Bertz CT molecular complexity index is 747. The molecule has 26 heavy (non-hydrogen) atoms. The minimum atomic E-state index is -0.0891. The number of nitrogens with one attached hydrogen (secondary N) is 2. The summed E-state index contributed by atoms with van der Waals surface area (Å²) in [7, 11) is 3.63. The monoisotopic (exact) mass is 487 g/mol. The molecule has 1 heterocycles. The first-order valence-electron chi connectivity index (χ1n) is 8.25. The molecule has 2 N–H and O–H groups in total.